The number of aryl methyl sites for hydroxylation is 1. The quantitative estimate of drug-likeness (QED) is 0.557. The lowest BCUT2D eigenvalue weighted by atomic mass is 10.2. The van der Waals surface area contributed by atoms with Crippen molar-refractivity contribution in [1.29, 1.82) is 0 Å². The third kappa shape index (κ3) is 5.58. The Bertz CT molecular complexity index is 747. The fourth-order valence-electron chi connectivity index (χ4n) is 2.42. The molecule has 2 rings (SSSR count). The van der Waals surface area contributed by atoms with E-state index in [1.54, 1.807) is 14.2 Å². The molecule has 0 amide bonds. The van der Waals surface area contributed by atoms with Crippen LogP contribution in [0.3, 0.4) is 0 Å². The van der Waals surface area contributed by atoms with Gasteiger partial charge >= 0.3 is 0 Å². The van der Waals surface area contributed by atoms with E-state index in [-0.39, 0.29) is 6.10 Å². The van der Waals surface area contributed by atoms with Crippen LogP contribution in [0.4, 0.5) is 5.69 Å². The standard InChI is InChI=1S/C20H27N3O3/c1-5-15(26-17-8-6-7-14(2)11-17)13-22-20(21)23-18-12-16(24-3)9-10-19(18)25-4/h6-12,15H,5,13H2,1-4H3,(H3,21,22,23). The zero-order valence-electron chi connectivity index (χ0n) is 15.8. The number of rotatable bonds is 8. The average Bonchev–Trinajstić information content (AvgIpc) is 2.65. The summed E-state index contributed by atoms with van der Waals surface area (Å²) in [7, 11) is 3.21. The molecule has 0 aliphatic rings. The van der Waals surface area contributed by atoms with Gasteiger partial charge in [0.05, 0.1) is 26.5 Å². The largest absolute Gasteiger partial charge is 0.497 e. The van der Waals surface area contributed by atoms with Crippen LogP contribution in [0, 0.1) is 6.92 Å². The number of guanidine groups is 1. The van der Waals surface area contributed by atoms with Gasteiger partial charge in [-0.25, -0.2) is 4.99 Å². The molecule has 6 heteroatoms. The highest BCUT2D eigenvalue weighted by atomic mass is 16.5. The van der Waals surface area contributed by atoms with Crippen molar-refractivity contribution in [3.05, 3.63) is 48.0 Å². The van der Waals surface area contributed by atoms with Crippen molar-refractivity contribution < 1.29 is 14.2 Å². The van der Waals surface area contributed by atoms with Gasteiger partial charge in [0.25, 0.3) is 0 Å². The molecule has 0 aliphatic heterocycles. The monoisotopic (exact) mass is 357 g/mol. The number of methoxy groups -OCH3 is 2. The topological polar surface area (TPSA) is 78.1 Å². The second kappa shape index (κ2) is 9.56. The molecule has 0 saturated carbocycles. The molecule has 140 valence electrons. The van der Waals surface area contributed by atoms with E-state index < -0.39 is 0 Å². The zero-order chi connectivity index (χ0) is 18.9. The maximum absolute atomic E-state index is 6.03. The summed E-state index contributed by atoms with van der Waals surface area (Å²) in [6.07, 6.45) is 0.775. The molecule has 0 bridgehead atoms. The molecular formula is C20H27N3O3. The predicted molar refractivity (Wildman–Crippen MR) is 106 cm³/mol. The number of hydrogen-bond donors (Lipinski definition) is 2. The molecule has 3 N–H and O–H groups in total. The van der Waals surface area contributed by atoms with E-state index in [1.165, 1.54) is 0 Å². The van der Waals surface area contributed by atoms with Crippen LogP contribution in [-0.4, -0.2) is 32.8 Å². The van der Waals surface area contributed by atoms with Crippen LogP contribution in [0.15, 0.2) is 47.5 Å². The van der Waals surface area contributed by atoms with Crippen LogP contribution >= 0.6 is 0 Å². The molecule has 0 radical (unpaired) electrons. The zero-order valence-corrected chi connectivity index (χ0v) is 15.8. The SMILES string of the molecule is CCC(CN=C(N)Nc1cc(OC)ccc1OC)Oc1cccc(C)c1. The molecule has 1 atom stereocenters. The smallest absolute Gasteiger partial charge is 0.193 e. The summed E-state index contributed by atoms with van der Waals surface area (Å²) in [6, 6.07) is 13.4. The van der Waals surface area contributed by atoms with Crippen LogP contribution < -0.4 is 25.3 Å². The molecule has 0 aliphatic carbocycles. The van der Waals surface area contributed by atoms with E-state index in [2.05, 4.69) is 17.2 Å². The Hall–Kier alpha value is -2.89. The lowest BCUT2D eigenvalue weighted by Crippen LogP contribution is -2.27. The number of hydrogen-bond acceptors (Lipinski definition) is 4. The van der Waals surface area contributed by atoms with Crippen molar-refractivity contribution in [1.82, 2.24) is 0 Å². The maximum atomic E-state index is 6.03. The van der Waals surface area contributed by atoms with Crippen molar-refractivity contribution in [2.75, 3.05) is 26.1 Å². The lowest BCUT2D eigenvalue weighted by molar-refractivity contribution is 0.205. The molecule has 26 heavy (non-hydrogen) atoms. The second-order valence-electron chi connectivity index (χ2n) is 5.88. The van der Waals surface area contributed by atoms with Crippen LogP contribution in [0.5, 0.6) is 17.2 Å². The number of ether oxygens (including phenoxy) is 3. The number of aliphatic imine (C=N–C) groups is 1. The first kappa shape index (κ1) is 19.4. The van der Waals surface area contributed by atoms with Gasteiger partial charge in [0, 0.05) is 6.07 Å². The number of nitrogens with two attached hydrogens (primary N) is 1. The Morgan fingerprint density at radius 1 is 1.12 bits per heavy atom. The molecule has 0 saturated heterocycles. The highest BCUT2D eigenvalue weighted by Crippen LogP contribution is 2.28. The molecular weight excluding hydrogens is 330 g/mol. The fraction of sp³-hybridized carbons (Fsp3) is 0.350. The predicted octanol–water partition coefficient (Wildman–Crippen LogP) is 3.60. The van der Waals surface area contributed by atoms with E-state index in [4.69, 9.17) is 19.9 Å². The van der Waals surface area contributed by atoms with E-state index in [9.17, 15) is 0 Å². The van der Waals surface area contributed by atoms with Crippen LogP contribution in [-0.2, 0) is 0 Å². The molecule has 6 nitrogen and oxygen atoms in total. The van der Waals surface area contributed by atoms with Crippen LogP contribution in [0.2, 0.25) is 0 Å². The van der Waals surface area contributed by atoms with E-state index in [0.717, 1.165) is 17.7 Å². The summed E-state index contributed by atoms with van der Waals surface area (Å²) in [6.45, 7) is 4.55. The lowest BCUT2D eigenvalue weighted by Gasteiger charge is -2.17. The Balaban J connectivity index is 2.02. The van der Waals surface area contributed by atoms with Crippen LogP contribution in [0.1, 0.15) is 18.9 Å². The van der Waals surface area contributed by atoms with E-state index in [0.29, 0.717) is 29.7 Å². The van der Waals surface area contributed by atoms with Crippen LogP contribution in [0.25, 0.3) is 0 Å². The van der Waals surface area contributed by atoms with Gasteiger partial charge in [-0.3, -0.25) is 0 Å². The number of nitrogens with zero attached hydrogens (tertiary/aromatic N) is 1. The van der Waals surface area contributed by atoms with Crippen molar-refractivity contribution in [2.24, 2.45) is 10.7 Å². The summed E-state index contributed by atoms with van der Waals surface area (Å²) in [5, 5.41) is 3.06. The van der Waals surface area contributed by atoms with Gasteiger partial charge in [0.2, 0.25) is 0 Å². The third-order valence-corrected chi connectivity index (χ3v) is 3.88. The molecule has 0 aromatic heterocycles. The minimum Gasteiger partial charge on any atom is -0.497 e. The Morgan fingerprint density at radius 3 is 2.58 bits per heavy atom. The molecule has 2 aromatic rings. The first-order chi connectivity index (χ1) is 12.5. The Morgan fingerprint density at radius 2 is 1.92 bits per heavy atom. The highest BCUT2D eigenvalue weighted by Gasteiger charge is 2.10. The first-order valence-corrected chi connectivity index (χ1v) is 8.58. The van der Waals surface area contributed by atoms with Gasteiger partial charge in [-0.2, -0.15) is 0 Å². The van der Waals surface area contributed by atoms with Gasteiger partial charge in [-0.15, -0.1) is 0 Å². The third-order valence-electron chi connectivity index (χ3n) is 3.88. The summed E-state index contributed by atoms with van der Waals surface area (Å²) < 4.78 is 16.6. The maximum Gasteiger partial charge on any atom is 0.193 e. The summed E-state index contributed by atoms with van der Waals surface area (Å²) in [4.78, 5) is 4.40. The van der Waals surface area contributed by atoms with E-state index >= 15 is 0 Å². The molecule has 0 spiro atoms. The second-order valence-corrected chi connectivity index (χ2v) is 5.88. The average molecular weight is 357 g/mol. The molecule has 0 fully saturated rings. The normalized spacial score (nSPS) is 12.4. The fourth-order valence-corrected chi connectivity index (χ4v) is 2.42. The Labute approximate surface area is 155 Å². The Kier molecular flexibility index (Phi) is 7.14. The first-order valence-electron chi connectivity index (χ1n) is 8.58. The minimum atomic E-state index is -0.0515. The number of benzene rings is 2. The molecule has 1 unspecified atom stereocenters. The highest BCUT2D eigenvalue weighted by molar-refractivity contribution is 5.94. The summed E-state index contributed by atoms with van der Waals surface area (Å²) in [5.41, 5.74) is 7.88. The van der Waals surface area contributed by atoms with Gasteiger partial charge in [-0.05, 0) is 43.2 Å². The van der Waals surface area contributed by atoms with E-state index in [1.807, 2.05) is 49.4 Å². The minimum absolute atomic E-state index is 0.0515. The van der Waals surface area contributed by atoms with Crippen molar-refractivity contribution in [3.63, 3.8) is 0 Å². The van der Waals surface area contributed by atoms with Crippen molar-refractivity contribution >= 4 is 11.6 Å². The van der Waals surface area contributed by atoms with Gasteiger partial charge in [0.1, 0.15) is 23.4 Å². The van der Waals surface area contributed by atoms with Gasteiger partial charge in [0.15, 0.2) is 5.96 Å². The van der Waals surface area contributed by atoms with Crippen molar-refractivity contribution in [3.8, 4) is 17.2 Å². The number of anilines is 1. The van der Waals surface area contributed by atoms with Gasteiger partial charge in [-0.1, -0.05) is 19.1 Å². The molecule has 0 heterocycles. The summed E-state index contributed by atoms with van der Waals surface area (Å²) in [5.74, 6) is 2.50. The van der Waals surface area contributed by atoms with Crippen molar-refractivity contribution in [2.45, 2.75) is 26.4 Å². The van der Waals surface area contributed by atoms with Gasteiger partial charge < -0.3 is 25.3 Å². The number of nitrogens with one attached hydrogen (secondary N) is 1. The summed E-state index contributed by atoms with van der Waals surface area (Å²) >= 11 is 0. The molecule has 2 aromatic carbocycles.